The van der Waals surface area contributed by atoms with E-state index in [-0.39, 0.29) is 0 Å². The average molecular weight is 266 g/mol. The highest BCUT2D eigenvalue weighted by atomic mass is 32.2. The monoisotopic (exact) mass is 266 g/mol. The molecule has 0 atom stereocenters. The maximum atomic E-state index is 2.41. The van der Waals surface area contributed by atoms with Gasteiger partial charge in [-0.25, -0.2) is 0 Å². The molecule has 2 heteroatoms. The fraction of sp³-hybridized carbons (Fsp3) is 0.467. The van der Waals surface area contributed by atoms with Gasteiger partial charge in [0.2, 0.25) is 0 Å². The second-order valence-corrected chi connectivity index (χ2v) is 6.64. The van der Waals surface area contributed by atoms with E-state index >= 15 is 0 Å². The summed E-state index contributed by atoms with van der Waals surface area (Å²) in [7, 11) is 0. The summed E-state index contributed by atoms with van der Waals surface area (Å²) in [4.78, 5) is 0. The van der Waals surface area contributed by atoms with Gasteiger partial charge in [-0.05, 0) is 36.3 Å². The Hall–Kier alpha value is -0.340. The molecule has 0 spiro atoms. The maximum Gasteiger partial charge on any atom is 0.0360 e. The highest BCUT2D eigenvalue weighted by Crippen LogP contribution is 2.28. The Morgan fingerprint density at radius 3 is 2.29 bits per heavy atom. The molecule has 0 bridgehead atoms. The predicted molar refractivity (Wildman–Crippen MR) is 83.7 cm³/mol. The van der Waals surface area contributed by atoms with Gasteiger partial charge < -0.3 is 0 Å². The smallest absolute Gasteiger partial charge is 0.0360 e. The summed E-state index contributed by atoms with van der Waals surface area (Å²) in [6, 6.07) is 10.8. The number of benzene rings is 1. The minimum absolute atomic E-state index is 1.18. The molecule has 0 nitrogen and oxygen atoms in total. The van der Waals surface area contributed by atoms with Crippen molar-refractivity contribution < 1.29 is 0 Å². The van der Waals surface area contributed by atoms with Crippen LogP contribution in [0.3, 0.4) is 0 Å². The second-order valence-electron chi connectivity index (χ2n) is 3.77. The van der Waals surface area contributed by atoms with Gasteiger partial charge in [-0.1, -0.05) is 50.3 Å². The first-order valence-corrected chi connectivity index (χ1v) is 8.33. The summed E-state index contributed by atoms with van der Waals surface area (Å²) in [5.74, 6) is 2.36. The Kier molecular flexibility index (Phi) is 8.37. The number of aryl methyl sites for hydroxylation is 1. The quantitative estimate of drug-likeness (QED) is 0.581. The first kappa shape index (κ1) is 14.7. The standard InChI is InChI=1S/C15H22S2/c1-3-16-15(17-4-2)13-9-8-12-14-10-6-5-7-11-14/h5-7,10-11,13H,3-4,8-9,12H2,1-2H3. The first-order valence-electron chi connectivity index (χ1n) is 6.36. The molecule has 0 aliphatic rings. The van der Waals surface area contributed by atoms with Gasteiger partial charge in [-0.3, -0.25) is 0 Å². The molecule has 0 saturated carbocycles. The number of thioether (sulfide) groups is 2. The molecule has 0 unspecified atom stereocenters. The Morgan fingerprint density at radius 1 is 1.06 bits per heavy atom. The van der Waals surface area contributed by atoms with E-state index in [0.29, 0.717) is 0 Å². The molecule has 0 saturated heterocycles. The SMILES string of the molecule is CCSC(=CCCCc1ccccc1)SCC. The first-order chi connectivity index (χ1) is 8.36. The molecule has 94 valence electrons. The van der Waals surface area contributed by atoms with Crippen molar-refractivity contribution in [2.75, 3.05) is 11.5 Å². The van der Waals surface area contributed by atoms with E-state index in [4.69, 9.17) is 0 Å². The van der Waals surface area contributed by atoms with Gasteiger partial charge in [0, 0.05) is 4.24 Å². The van der Waals surface area contributed by atoms with Crippen LogP contribution in [0.5, 0.6) is 0 Å². The zero-order chi connectivity index (χ0) is 12.3. The van der Waals surface area contributed by atoms with E-state index in [2.05, 4.69) is 50.3 Å². The average Bonchev–Trinajstić information content (AvgIpc) is 2.36. The van der Waals surface area contributed by atoms with E-state index in [1.165, 1.54) is 40.6 Å². The minimum Gasteiger partial charge on any atom is -0.120 e. The van der Waals surface area contributed by atoms with Crippen LogP contribution >= 0.6 is 23.5 Å². The summed E-state index contributed by atoms with van der Waals surface area (Å²) < 4.78 is 1.50. The lowest BCUT2D eigenvalue weighted by Gasteiger charge is -2.03. The molecule has 0 aliphatic carbocycles. The van der Waals surface area contributed by atoms with Crippen LogP contribution in [-0.2, 0) is 6.42 Å². The van der Waals surface area contributed by atoms with Crippen LogP contribution in [0.15, 0.2) is 40.6 Å². The number of unbranched alkanes of at least 4 members (excludes halogenated alkanes) is 1. The molecule has 0 N–H and O–H groups in total. The van der Waals surface area contributed by atoms with Crippen molar-refractivity contribution in [1.82, 2.24) is 0 Å². The Bertz CT molecular complexity index is 309. The number of rotatable bonds is 8. The third kappa shape index (κ3) is 6.85. The lowest BCUT2D eigenvalue weighted by Crippen LogP contribution is -1.84. The van der Waals surface area contributed by atoms with Crippen molar-refractivity contribution in [2.45, 2.75) is 33.1 Å². The minimum atomic E-state index is 1.18. The predicted octanol–water partition coefficient (Wildman–Crippen LogP) is 5.36. The van der Waals surface area contributed by atoms with Gasteiger partial charge in [0.05, 0.1) is 0 Å². The maximum absolute atomic E-state index is 2.41. The highest BCUT2D eigenvalue weighted by Gasteiger charge is 1.96. The van der Waals surface area contributed by atoms with Gasteiger partial charge in [-0.2, -0.15) is 0 Å². The van der Waals surface area contributed by atoms with Gasteiger partial charge in [0.15, 0.2) is 0 Å². The van der Waals surface area contributed by atoms with Crippen LogP contribution in [-0.4, -0.2) is 11.5 Å². The van der Waals surface area contributed by atoms with E-state index in [1.807, 2.05) is 23.5 Å². The van der Waals surface area contributed by atoms with E-state index < -0.39 is 0 Å². The Labute approximate surface area is 114 Å². The Morgan fingerprint density at radius 2 is 1.71 bits per heavy atom. The number of hydrogen-bond donors (Lipinski definition) is 0. The van der Waals surface area contributed by atoms with Gasteiger partial charge in [-0.15, -0.1) is 23.5 Å². The third-order valence-electron chi connectivity index (χ3n) is 2.40. The Balaban J connectivity index is 2.27. The zero-order valence-electron chi connectivity index (χ0n) is 10.8. The van der Waals surface area contributed by atoms with Crippen LogP contribution in [0.1, 0.15) is 32.3 Å². The van der Waals surface area contributed by atoms with E-state index in [1.54, 1.807) is 0 Å². The summed E-state index contributed by atoms with van der Waals surface area (Å²) in [5.41, 5.74) is 1.45. The van der Waals surface area contributed by atoms with Crippen molar-refractivity contribution in [3.05, 3.63) is 46.2 Å². The fourth-order valence-electron chi connectivity index (χ4n) is 1.61. The number of allylic oxidation sites excluding steroid dienone is 1. The molecule has 1 aromatic rings. The van der Waals surface area contributed by atoms with Crippen LogP contribution in [0.25, 0.3) is 0 Å². The molecule has 0 heterocycles. The molecule has 0 fully saturated rings. The molecule has 1 aromatic carbocycles. The number of hydrogen-bond acceptors (Lipinski definition) is 2. The summed E-state index contributed by atoms with van der Waals surface area (Å²) in [6.45, 7) is 4.44. The third-order valence-corrected chi connectivity index (χ3v) is 4.58. The van der Waals surface area contributed by atoms with E-state index in [0.717, 1.165) is 0 Å². The van der Waals surface area contributed by atoms with Crippen molar-refractivity contribution in [1.29, 1.82) is 0 Å². The van der Waals surface area contributed by atoms with Gasteiger partial charge >= 0.3 is 0 Å². The summed E-state index contributed by atoms with van der Waals surface area (Å²) in [6.07, 6.45) is 6.05. The zero-order valence-corrected chi connectivity index (χ0v) is 12.4. The fourth-order valence-corrected chi connectivity index (χ4v) is 3.70. The van der Waals surface area contributed by atoms with Crippen LogP contribution in [0, 0.1) is 0 Å². The summed E-state index contributed by atoms with van der Waals surface area (Å²) >= 11 is 3.94. The van der Waals surface area contributed by atoms with Gasteiger partial charge in [0.25, 0.3) is 0 Å². The van der Waals surface area contributed by atoms with Crippen LogP contribution in [0.2, 0.25) is 0 Å². The molecule has 0 aromatic heterocycles. The lowest BCUT2D eigenvalue weighted by atomic mass is 10.1. The van der Waals surface area contributed by atoms with Crippen molar-refractivity contribution in [3.63, 3.8) is 0 Å². The molecular formula is C15H22S2. The van der Waals surface area contributed by atoms with Crippen LogP contribution in [0.4, 0.5) is 0 Å². The van der Waals surface area contributed by atoms with Crippen molar-refractivity contribution in [3.8, 4) is 0 Å². The molecule has 17 heavy (non-hydrogen) atoms. The topological polar surface area (TPSA) is 0 Å². The normalized spacial score (nSPS) is 10.2. The molecule has 0 radical (unpaired) electrons. The summed E-state index contributed by atoms with van der Waals surface area (Å²) in [5, 5.41) is 0. The van der Waals surface area contributed by atoms with Crippen molar-refractivity contribution >= 4 is 23.5 Å². The molecule has 0 amide bonds. The molecule has 0 aliphatic heterocycles. The second kappa shape index (κ2) is 9.67. The molecule has 1 rings (SSSR count). The van der Waals surface area contributed by atoms with Gasteiger partial charge in [0.1, 0.15) is 0 Å². The van der Waals surface area contributed by atoms with Crippen molar-refractivity contribution in [2.24, 2.45) is 0 Å². The largest absolute Gasteiger partial charge is 0.120 e. The molecular weight excluding hydrogens is 244 g/mol. The van der Waals surface area contributed by atoms with Crippen LogP contribution < -0.4 is 0 Å². The highest BCUT2D eigenvalue weighted by molar-refractivity contribution is 8.22. The van der Waals surface area contributed by atoms with E-state index in [9.17, 15) is 0 Å². The lowest BCUT2D eigenvalue weighted by molar-refractivity contribution is 0.843.